The number of ether oxygens (including phenoxy) is 1. The van der Waals surface area contributed by atoms with Gasteiger partial charge in [0.15, 0.2) is 0 Å². The van der Waals surface area contributed by atoms with E-state index in [4.69, 9.17) is 4.74 Å². The highest BCUT2D eigenvalue weighted by atomic mass is 35.5. The fraction of sp³-hybridized carbons (Fsp3) is 0.917. The zero-order valence-corrected chi connectivity index (χ0v) is 11.3. The van der Waals surface area contributed by atoms with Gasteiger partial charge in [-0.25, -0.2) is 0 Å². The molecule has 2 aliphatic rings. The van der Waals surface area contributed by atoms with E-state index in [2.05, 4.69) is 12.2 Å². The number of carbonyl (C=O) groups excluding carboxylic acids is 1. The second kappa shape index (κ2) is 7.19. The first kappa shape index (κ1) is 14.7. The number of halogens is 1. The summed E-state index contributed by atoms with van der Waals surface area (Å²) in [4.78, 5) is 14.3. The van der Waals surface area contributed by atoms with Crippen LogP contribution >= 0.6 is 12.4 Å². The Hall–Kier alpha value is -0.320. The third-order valence-corrected chi connectivity index (χ3v) is 3.79. The predicted octanol–water partition coefficient (Wildman–Crippen LogP) is 0.903. The molecule has 2 heterocycles. The van der Waals surface area contributed by atoms with Gasteiger partial charge in [-0.1, -0.05) is 6.92 Å². The van der Waals surface area contributed by atoms with Gasteiger partial charge >= 0.3 is 0 Å². The van der Waals surface area contributed by atoms with Crippen molar-refractivity contribution in [3.63, 3.8) is 0 Å². The fourth-order valence-corrected chi connectivity index (χ4v) is 2.59. The number of nitrogens with one attached hydrogen (secondary N) is 1. The molecule has 2 fully saturated rings. The molecule has 0 radical (unpaired) electrons. The molecule has 0 aromatic heterocycles. The van der Waals surface area contributed by atoms with Crippen molar-refractivity contribution in [3.05, 3.63) is 0 Å². The second-order valence-electron chi connectivity index (χ2n) is 4.81. The zero-order valence-electron chi connectivity index (χ0n) is 10.5. The van der Waals surface area contributed by atoms with E-state index in [1.807, 2.05) is 4.90 Å². The van der Waals surface area contributed by atoms with Crippen LogP contribution in [-0.2, 0) is 9.53 Å². The second-order valence-corrected chi connectivity index (χ2v) is 4.81. The van der Waals surface area contributed by atoms with Gasteiger partial charge in [-0.05, 0) is 18.8 Å². The number of amides is 1. The Bertz CT molecular complexity index is 239. The maximum atomic E-state index is 12.3. The summed E-state index contributed by atoms with van der Waals surface area (Å²) in [5, 5.41) is 3.27. The molecule has 0 bridgehead atoms. The highest BCUT2D eigenvalue weighted by Crippen LogP contribution is 2.25. The normalized spacial score (nSPS) is 23.9. The van der Waals surface area contributed by atoms with E-state index >= 15 is 0 Å². The first-order valence-electron chi connectivity index (χ1n) is 6.36. The van der Waals surface area contributed by atoms with E-state index in [0.717, 1.165) is 52.2 Å². The summed E-state index contributed by atoms with van der Waals surface area (Å²) in [5.74, 6) is 1.03. The van der Waals surface area contributed by atoms with Crippen molar-refractivity contribution in [2.24, 2.45) is 11.8 Å². The fourth-order valence-electron chi connectivity index (χ4n) is 2.59. The van der Waals surface area contributed by atoms with Crippen molar-refractivity contribution in [2.45, 2.75) is 19.8 Å². The van der Waals surface area contributed by atoms with E-state index in [9.17, 15) is 4.79 Å². The van der Waals surface area contributed by atoms with Crippen molar-refractivity contribution in [3.8, 4) is 0 Å². The van der Waals surface area contributed by atoms with Gasteiger partial charge in [-0.3, -0.25) is 4.79 Å². The maximum absolute atomic E-state index is 12.3. The van der Waals surface area contributed by atoms with E-state index in [0.29, 0.717) is 11.8 Å². The minimum atomic E-state index is 0. The van der Waals surface area contributed by atoms with Crippen LogP contribution in [0.4, 0.5) is 0 Å². The van der Waals surface area contributed by atoms with Crippen LogP contribution in [-0.4, -0.2) is 50.2 Å². The Balaban J connectivity index is 0.00000144. The van der Waals surface area contributed by atoms with Crippen LogP contribution in [0, 0.1) is 11.8 Å². The summed E-state index contributed by atoms with van der Waals surface area (Å²) in [6.45, 7) is 7.34. The van der Waals surface area contributed by atoms with Crippen LogP contribution in [0.2, 0.25) is 0 Å². The molecule has 1 unspecified atom stereocenters. The molecule has 0 aromatic rings. The van der Waals surface area contributed by atoms with Crippen LogP contribution in [0.5, 0.6) is 0 Å². The van der Waals surface area contributed by atoms with Gasteiger partial charge in [-0.2, -0.15) is 0 Å². The number of carbonyl (C=O) groups is 1. The Morgan fingerprint density at radius 2 is 1.88 bits per heavy atom. The van der Waals surface area contributed by atoms with E-state index in [-0.39, 0.29) is 18.3 Å². The van der Waals surface area contributed by atoms with Crippen LogP contribution in [0.25, 0.3) is 0 Å². The summed E-state index contributed by atoms with van der Waals surface area (Å²) in [5.41, 5.74) is 0. The number of nitrogens with zero attached hydrogens (tertiary/aromatic N) is 1. The largest absolute Gasteiger partial charge is 0.381 e. The van der Waals surface area contributed by atoms with Gasteiger partial charge in [0.25, 0.3) is 0 Å². The lowest BCUT2D eigenvalue weighted by molar-refractivity contribution is -0.138. The van der Waals surface area contributed by atoms with Crippen molar-refractivity contribution >= 4 is 18.3 Å². The van der Waals surface area contributed by atoms with Crippen molar-refractivity contribution in [2.75, 3.05) is 39.4 Å². The third-order valence-electron chi connectivity index (χ3n) is 3.79. The van der Waals surface area contributed by atoms with Crippen molar-refractivity contribution in [1.82, 2.24) is 10.2 Å². The quantitative estimate of drug-likeness (QED) is 0.804. The monoisotopic (exact) mass is 262 g/mol. The van der Waals surface area contributed by atoms with Crippen LogP contribution in [0.3, 0.4) is 0 Å². The topological polar surface area (TPSA) is 41.6 Å². The zero-order chi connectivity index (χ0) is 11.4. The minimum Gasteiger partial charge on any atom is -0.381 e. The van der Waals surface area contributed by atoms with E-state index in [1.165, 1.54) is 0 Å². The van der Waals surface area contributed by atoms with Gasteiger partial charge in [0.2, 0.25) is 5.91 Å². The van der Waals surface area contributed by atoms with Gasteiger partial charge in [0.05, 0.1) is 0 Å². The molecule has 0 saturated carbocycles. The average molecular weight is 263 g/mol. The van der Waals surface area contributed by atoms with Gasteiger partial charge in [0, 0.05) is 45.3 Å². The molecule has 100 valence electrons. The SMILES string of the molecule is CC(C(=O)N1CCNCC1)C1CCOCC1.Cl. The summed E-state index contributed by atoms with van der Waals surface area (Å²) >= 11 is 0. The molecule has 1 N–H and O–H groups in total. The molecular weight excluding hydrogens is 240 g/mol. The van der Waals surface area contributed by atoms with Gasteiger partial charge in [-0.15, -0.1) is 12.4 Å². The third kappa shape index (κ3) is 3.83. The number of hydrogen-bond donors (Lipinski definition) is 1. The van der Waals surface area contributed by atoms with Crippen LogP contribution < -0.4 is 5.32 Å². The molecule has 2 aliphatic heterocycles. The van der Waals surface area contributed by atoms with E-state index < -0.39 is 0 Å². The van der Waals surface area contributed by atoms with Crippen LogP contribution in [0.15, 0.2) is 0 Å². The highest BCUT2D eigenvalue weighted by Gasteiger charge is 2.29. The van der Waals surface area contributed by atoms with Crippen LogP contribution in [0.1, 0.15) is 19.8 Å². The summed E-state index contributed by atoms with van der Waals surface area (Å²) in [6, 6.07) is 0. The molecule has 5 heteroatoms. The summed E-state index contributed by atoms with van der Waals surface area (Å²) in [6.07, 6.45) is 2.08. The average Bonchev–Trinajstić information content (AvgIpc) is 2.39. The molecule has 4 nitrogen and oxygen atoms in total. The number of piperazine rings is 1. The molecular formula is C12H23ClN2O2. The van der Waals surface area contributed by atoms with E-state index in [1.54, 1.807) is 0 Å². The lowest BCUT2D eigenvalue weighted by Crippen LogP contribution is -2.49. The van der Waals surface area contributed by atoms with Gasteiger partial charge < -0.3 is 15.0 Å². The number of rotatable bonds is 2. The standard InChI is InChI=1S/C12H22N2O2.ClH/c1-10(11-2-8-16-9-3-11)12(15)14-6-4-13-5-7-14;/h10-11,13H,2-9H2,1H3;1H. The first-order valence-corrected chi connectivity index (χ1v) is 6.36. The Kier molecular flexibility index (Phi) is 6.23. The van der Waals surface area contributed by atoms with Gasteiger partial charge in [0.1, 0.15) is 0 Å². The first-order chi connectivity index (χ1) is 7.79. The molecule has 0 aromatic carbocycles. The lowest BCUT2D eigenvalue weighted by Gasteiger charge is -2.33. The predicted molar refractivity (Wildman–Crippen MR) is 69.4 cm³/mol. The van der Waals surface area contributed by atoms with Crippen molar-refractivity contribution in [1.29, 1.82) is 0 Å². The summed E-state index contributed by atoms with van der Waals surface area (Å²) < 4.78 is 5.34. The van der Waals surface area contributed by atoms with Crippen molar-refractivity contribution < 1.29 is 9.53 Å². The molecule has 1 amide bonds. The molecule has 1 atom stereocenters. The lowest BCUT2D eigenvalue weighted by atomic mass is 9.86. The Morgan fingerprint density at radius 3 is 2.47 bits per heavy atom. The highest BCUT2D eigenvalue weighted by molar-refractivity contribution is 5.85. The Morgan fingerprint density at radius 1 is 1.29 bits per heavy atom. The molecule has 17 heavy (non-hydrogen) atoms. The molecule has 2 rings (SSSR count). The molecule has 2 saturated heterocycles. The number of hydrogen-bond acceptors (Lipinski definition) is 3. The Labute approximate surface area is 109 Å². The summed E-state index contributed by atoms with van der Waals surface area (Å²) in [7, 11) is 0. The molecule has 0 aliphatic carbocycles. The minimum absolute atomic E-state index is 0. The maximum Gasteiger partial charge on any atom is 0.225 e. The smallest absolute Gasteiger partial charge is 0.225 e. The molecule has 0 spiro atoms.